The fourth-order valence-corrected chi connectivity index (χ4v) is 0. The Morgan fingerprint density at radius 3 is 1.64 bits per heavy atom. The van der Waals surface area contributed by atoms with E-state index >= 15 is 0 Å². The molecule has 0 rings (SSSR count). The first-order valence-electron chi connectivity index (χ1n) is 2.66. The van der Waals surface area contributed by atoms with Gasteiger partial charge in [0.1, 0.15) is 0 Å². The number of aliphatic hydroxyl groups is 2. The van der Waals surface area contributed by atoms with Crippen molar-refractivity contribution in [2.75, 3.05) is 0 Å². The summed E-state index contributed by atoms with van der Waals surface area (Å²) in [5, 5.41) is 30.3. The fourth-order valence-electron chi connectivity index (χ4n) is 0. The summed E-state index contributed by atoms with van der Waals surface area (Å²) in [5.74, 6) is 0. The van der Waals surface area contributed by atoms with Gasteiger partial charge in [-0.3, -0.25) is 0 Å². The highest BCUT2D eigenvalue weighted by molar-refractivity contribution is 4.72. The Bertz CT molecular complexity index is 114. The van der Waals surface area contributed by atoms with Gasteiger partial charge in [0, 0.05) is 0 Å². The minimum Gasteiger partial charge on any atom is -0.367 e. The average molecular weight is 168 g/mol. The van der Waals surface area contributed by atoms with Crippen molar-refractivity contribution >= 4 is 0 Å². The van der Waals surface area contributed by atoms with Crippen LogP contribution in [0, 0.1) is 10.1 Å². The Morgan fingerprint density at radius 1 is 1.55 bits per heavy atom. The molecule has 7 heteroatoms. The summed E-state index contributed by atoms with van der Waals surface area (Å²) in [5.41, 5.74) is 4.29. The molecule has 7 nitrogen and oxygen atoms in total. The minimum absolute atomic E-state index is 0.889. The summed E-state index contributed by atoms with van der Waals surface area (Å²) in [6.07, 6.45) is -1.42. The van der Waals surface area contributed by atoms with Crippen LogP contribution < -0.4 is 5.73 Å². The van der Waals surface area contributed by atoms with Crippen LogP contribution in [0.25, 0.3) is 0 Å². The predicted molar refractivity (Wildman–Crippen MR) is 35.3 cm³/mol. The first-order chi connectivity index (χ1) is 4.68. The molecule has 0 saturated heterocycles. The first kappa shape index (κ1) is 12.7. The molecule has 0 aliphatic carbocycles. The van der Waals surface area contributed by atoms with Crippen LogP contribution in [0.3, 0.4) is 0 Å². The lowest BCUT2D eigenvalue weighted by molar-refractivity contribution is -0.742. The molecule has 0 aromatic heterocycles. The maximum Gasteiger partial charge on any atom is 0.291 e. The van der Waals surface area contributed by atoms with Crippen molar-refractivity contribution < 1.29 is 20.5 Å². The van der Waals surface area contributed by atoms with E-state index in [9.17, 15) is 0 Å². The van der Waals surface area contributed by atoms with Crippen molar-refractivity contribution in [2.24, 2.45) is 5.73 Å². The smallest absolute Gasteiger partial charge is 0.291 e. The Balaban J connectivity index is 0. The summed E-state index contributed by atoms with van der Waals surface area (Å²) in [4.78, 5) is 8.36. The summed E-state index contributed by atoms with van der Waals surface area (Å²) in [6, 6.07) is 0. The topological polar surface area (TPSA) is 130 Å². The van der Waals surface area contributed by atoms with Gasteiger partial charge < -0.3 is 21.2 Å². The molecule has 0 aliphatic rings. The number of nitrogens with two attached hydrogens (primary N) is 1. The van der Waals surface area contributed by atoms with E-state index in [1.54, 1.807) is 0 Å². The lowest BCUT2D eigenvalue weighted by Crippen LogP contribution is -2.44. The van der Waals surface area contributed by atoms with Gasteiger partial charge in [0.2, 0.25) is 0 Å². The fraction of sp³-hybridized carbons (Fsp3) is 1.00. The van der Waals surface area contributed by atoms with Gasteiger partial charge in [-0.25, -0.2) is 0 Å². The molecule has 11 heavy (non-hydrogen) atoms. The van der Waals surface area contributed by atoms with E-state index in [1.807, 2.05) is 0 Å². The second kappa shape index (κ2) is 4.83. The molecule has 0 atom stereocenters. The van der Waals surface area contributed by atoms with E-state index in [2.05, 4.69) is 0 Å². The molecule has 0 amide bonds. The minimum atomic E-state index is -1.50. The molecule has 0 saturated carbocycles. The summed E-state index contributed by atoms with van der Waals surface area (Å²) in [6.45, 7) is 3.08. The van der Waals surface area contributed by atoms with Crippen LogP contribution in [0.1, 0.15) is 13.8 Å². The van der Waals surface area contributed by atoms with Crippen molar-refractivity contribution in [3.63, 3.8) is 0 Å². The van der Waals surface area contributed by atoms with Gasteiger partial charge in [-0.15, -0.1) is 10.1 Å². The lowest BCUT2D eigenvalue weighted by atomic mass is 10.1. The van der Waals surface area contributed by atoms with Gasteiger partial charge >= 0.3 is 0 Å². The van der Waals surface area contributed by atoms with Crippen molar-refractivity contribution in [2.45, 2.75) is 25.7 Å². The molecular formula is C4H12N2O5. The van der Waals surface area contributed by atoms with Gasteiger partial charge in [0.15, 0.2) is 6.29 Å². The number of nitrogens with zero attached hydrogens (tertiary/aromatic N) is 1. The number of hydrogen-bond donors (Lipinski definition) is 4. The molecule has 0 aromatic carbocycles. The highest BCUT2D eigenvalue weighted by Crippen LogP contribution is 1.98. The molecule has 68 valence electrons. The van der Waals surface area contributed by atoms with Crippen molar-refractivity contribution in [3.8, 4) is 0 Å². The monoisotopic (exact) mass is 168 g/mol. The third-order valence-electron chi connectivity index (χ3n) is 0.665. The molecule has 0 aromatic rings. The third-order valence-corrected chi connectivity index (χ3v) is 0.665. The Kier molecular flexibility index (Phi) is 5.59. The third kappa shape index (κ3) is 17.6. The summed E-state index contributed by atoms with van der Waals surface area (Å²) < 4.78 is 0. The van der Waals surface area contributed by atoms with Crippen LogP contribution in [0.5, 0.6) is 0 Å². The van der Waals surface area contributed by atoms with E-state index in [-0.39, 0.29) is 0 Å². The Hall–Kier alpha value is -0.920. The van der Waals surface area contributed by atoms with Crippen LogP contribution in [0.2, 0.25) is 0 Å². The van der Waals surface area contributed by atoms with Crippen LogP contribution in [0.15, 0.2) is 0 Å². The van der Waals surface area contributed by atoms with Crippen LogP contribution in [-0.2, 0) is 0 Å². The van der Waals surface area contributed by atoms with E-state index in [1.165, 1.54) is 13.8 Å². The SMILES string of the molecule is CC(C)(N)C(O)O.O=[N+]([O-])O. The van der Waals surface area contributed by atoms with Gasteiger partial charge in [0.25, 0.3) is 5.09 Å². The van der Waals surface area contributed by atoms with Crippen molar-refractivity contribution in [1.82, 2.24) is 0 Å². The molecule has 0 unspecified atom stereocenters. The zero-order valence-electron chi connectivity index (χ0n) is 6.26. The second-order valence-electron chi connectivity index (χ2n) is 2.43. The summed E-state index contributed by atoms with van der Waals surface area (Å²) in [7, 11) is 0. The standard InChI is InChI=1S/C4H11NO2.HNO3/c1-4(2,5)3(6)7;2-1(3)4/h3,6-7H,5H2,1-2H3;(H,2,3,4). The van der Waals surface area contributed by atoms with Crippen LogP contribution >= 0.6 is 0 Å². The molecule has 0 aliphatic heterocycles. The molecule has 0 spiro atoms. The van der Waals surface area contributed by atoms with E-state index < -0.39 is 16.9 Å². The molecular weight excluding hydrogens is 156 g/mol. The normalized spacial score (nSPS) is 10.4. The van der Waals surface area contributed by atoms with Crippen molar-refractivity contribution in [3.05, 3.63) is 10.1 Å². The molecule has 0 bridgehead atoms. The molecule has 0 radical (unpaired) electrons. The molecule has 0 heterocycles. The molecule has 0 fully saturated rings. The Labute approximate surface area is 63.2 Å². The second-order valence-corrected chi connectivity index (χ2v) is 2.43. The lowest BCUT2D eigenvalue weighted by Gasteiger charge is -2.19. The van der Waals surface area contributed by atoms with Gasteiger partial charge in [-0.2, -0.15) is 0 Å². The predicted octanol–water partition coefficient (Wildman–Crippen LogP) is -1.31. The number of rotatable bonds is 1. The average Bonchev–Trinajstić information content (AvgIpc) is 1.59. The summed E-state index contributed by atoms with van der Waals surface area (Å²) >= 11 is 0. The van der Waals surface area contributed by atoms with Gasteiger partial charge in [0.05, 0.1) is 5.54 Å². The zero-order chi connectivity index (χ0) is 9.65. The number of aliphatic hydroxyl groups excluding tert-OH is 1. The van der Waals surface area contributed by atoms with E-state index in [0.29, 0.717) is 0 Å². The largest absolute Gasteiger partial charge is 0.367 e. The van der Waals surface area contributed by atoms with E-state index in [0.717, 1.165) is 0 Å². The Morgan fingerprint density at radius 2 is 1.64 bits per heavy atom. The first-order valence-corrected chi connectivity index (χ1v) is 2.66. The highest BCUT2D eigenvalue weighted by atomic mass is 16.9. The maximum absolute atomic E-state index is 8.36. The van der Waals surface area contributed by atoms with Crippen LogP contribution in [-0.4, -0.2) is 32.3 Å². The molecule has 5 N–H and O–H groups in total. The number of hydrogen-bond acceptors (Lipinski definition) is 5. The maximum atomic E-state index is 8.36. The van der Waals surface area contributed by atoms with Gasteiger partial charge in [-0.05, 0) is 13.8 Å². The van der Waals surface area contributed by atoms with E-state index in [4.69, 9.17) is 31.3 Å². The quantitative estimate of drug-likeness (QED) is 0.218. The van der Waals surface area contributed by atoms with Gasteiger partial charge in [-0.1, -0.05) is 0 Å². The van der Waals surface area contributed by atoms with Crippen molar-refractivity contribution in [1.29, 1.82) is 0 Å². The highest BCUT2D eigenvalue weighted by Gasteiger charge is 2.18. The van der Waals surface area contributed by atoms with Crippen LogP contribution in [0.4, 0.5) is 0 Å². The zero-order valence-corrected chi connectivity index (χ0v) is 6.26.